The smallest absolute Gasteiger partial charge is 0.128 e. The number of benzene rings is 5. The number of phenols is 2. The van der Waals surface area contributed by atoms with E-state index in [9.17, 15) is 10.2 Å². The van der Waals surface area contributed by atoms with Crippen molar-refractivity contribution < 1.29 is 10.2 Å². The molecule has 0 aliphatic rings. The standard InChI is InChI=1S/C50H60N2O2/c1-47(2,3)39-27-37(45(53)43(29-39)49(7,8)9)31-51-41-17-13-15-35(25-41)23-33-19-21-34(22-20-33)24-36-16-14-18-42(26-36)52-32-38-28-40(48(4,5)6)30-44(46(38)54)50(10,11)12/h13-22,25-32,53-54H,23-24H2,1-12H3. The maximum atomic E-state index is 11.2. The van der Waals surface area contributed by atoms with Crippen LogP contribution in [0.3, 0.4) is 0 Å². The molecule has 0 saturated heterocycles. The summed E-state index contributed by atoms with van der Waals surface area (Å²) in [5, 5.41) is 22.4. The summed E-state index contributed by atoms with van der Waals surface area (Å²) in [5.41, 5.74) is 11.8. The summed E-state index contributed by atoms with van der Waals surface area (Å²) in [5.74, 6) is 0.596. The van der Waals surface area contributed by atoms with Gasteiger partial charge in [0.05, 0.1) is 11.4 Å². The summed E-state index contributed by atoms with van der Waals surface area (Å²) in [7, 11) is 0. The van der Waals surface area contributed by atoms with Crippen LogP contribution in [0.4, 0.5) is 11.4 Å². The van der Waals surface area contributed by atoms with Crippen molar-refractivity contribution in [2.45, 2.75) is 118 Å². The van der Waals surface area contributed by atoms with Gasteiger partial charge in [-0.05, 0) is 104 Å². The highest BCUT2D eigenvalue weighted by molar-refractivity contribution is 5.87. The molecule has 0 aliphatic heterocycles. The normalized spacial score (nSPS) is 13.0. The molecule has 0 unspecified atom stereocenters. The molecular weight excluding hydrogens is 661 g/mol. The molecule has 0 fully saturated rings. The topological polar surface area (TPSA) is 65.2 Å². The van der Waals surface area contributed by atoms with E-state index in [1.165, 1.54) is 33.4 Å². The van der Waals surface area contributed by atoms with Gasteiger partial charge in [-0.15, -0.1) is 0 Å². The van der Waals surface area contributed by atoms with Crippen molar-refractivity contribution in [3.63, 3.8) is 0 Å². The molecule has 2 N–H and O–H groups in total. The predicted octanol–water partition coefficient (Wildman–Crippen LogP) is 13.0. The highest BCUT2D eigenvalue weighted by atomic mass is 16.3. The van der Waals surface area contributed by atoms with E-state index in [-0.39, 0.29) is 21.7 Å². The van der Waals surface area contributed by atoms with Gasteiger partial charge >= 0.3 is 0 Å². The number of aliphatic imine (C=N–C) groups is 2. The number of phenolic OH excluding ortho intramolecular Hbond substituents is 2. The molecule has 0 atom stereocenters. The molecule has 0 amide bonds. The van der Waals surface area contributed by atoms with E-state index in [0.717, 1.165) is 46.5 Å². The molecule has 0 aromatic heterocycles. The summed E-state index contributed by atoms with van der Waals surface area (Å²) in [4.78, 5) is 9.62. The lowest BCUT2D eigenvalue weighted by molar-refractivity contribution is 0.443. The van der Waals surface area contributed by atoms with E-state index in [0.29, 0.717) is 11.5 Å². The molecule has 0 saturated carbocycles. The Morgan fingerprint density at radius 3 is 1.09 bits per heavy atom. The van der Waals surface area contributed by atoms with Gasteiger partial charge in [-0.1, -0.05) is 144 Å². The molecule has 0 spiro atoms. The van der Waals surface area contributed by atoms with Gasteiger partial charge in [0, 0.05) is 34.7 Å². The molecule has 4 nitrogen and oxygen atoms in total. The first kappa shape index (κ1) is 40.2. The predicted molar refractivity (Wildman–Crippen MR) is 230 cm³/mol. The summed E-state index contributed by atoms with van der Waals surface area (Å²) in [6.45, 7) is 25.9. The third-order valence-electron chi connectivity index (χ3n) is 9.99. The monoisotopic (exact) mass is 720 g/mol. The van der Waals surface area contributed by atoms with E-state index in [4.69, 9.17) is 9.98 Å². The molecule has 0 heterocycles. The lowest BCUT2D eigenvalue weighted by Crippen LogP contribution is -2.17. The van der Waals surface area contributed by atoms with E-state index < -0.39 is 0 Å². The van der Waals surface area contributed by atoms with Crippen LogP contribution >= 0.6 is 0 Å². The van der Waals surface area contributed by atoms with Crippen molar-refractivity contribution in [1.82, 2.24) is 0 Å². The first-order valence-electron chi connectivity index (χ1n) is 19.2. The van der Waals surface area contributed by atoms with Crippen LogP contribution < -0.4 is 0 Å². The second kappa shape index (κ2) is 15.4. The maximum Gasteiger partial charge on any atom is 0.128 e. The fourth-order valence-electron chi connectivity index (χ4n) is 6.55. The molecule has 4 heteroatoms. The summed E-state index contributed by atoms with van der Waals surface area (Å²) in [6.07, 6.45) is 5.19. The minimum atomic E-state index is -0.190. The van der Waals surface area contributed by atoms with Gasteiger partial charge in [-0.25, -0.2) is 0 Å². The Hall–Kier alpha value is -4.96. The SMILES string of the molecule is CC(C)(C)c1cc(C=Nc2cccc(Cc3ccc(Cc4cccc(N=Cc5cc(C(C)(C)C)cc(C(C)(C)C)c5O)c4)cc3)c2)c(O)c(C(C)(C)C)c1. The van der Waals surface area contributed by atoms with Gasteiger partial charge in [-0.2, -0.15) is 0 Å². The average molecular weight is 721 g/mol. The number of aromatic hydroxyl groups is 2. The number of hydrogen-bond acceptors (Lipinski definition) is 4. The van der Waals surface area contributed by atoms with Gasteiger partial charge < -0.3 is 10.2 Å². The van der Waals surface area contributed by atoms with Crippen LogP contribution in [0.2, 0.25) is 0 Å². The lowest BCUT2D eigenvalue weighted by atomic mass is 9.79. The van der Waals surface area contributed by atoms with Crippen LogP contribution in [0, 0.1) is 0 Å². The fraction of sp³-hybridized carbons (Fsp3) is 0.360. The Labute approximate surface area is 324 Å². The molecule has 0 aliphatic carbocycles. The summed E-state index contributed by atoms with van der Waals surface area (Å²) >= 11 is 0. The minimum absolute atomic E-state index is 0.0491. The lowest BCUT2D eigenvalue weighted by Gasteiger charge is -2.27. The number of hydrogen-bond donors (Lipinski definition) is 2. The van der Waals surface area contributed by atoms with Crippen molar-refractivity contribution in [2.24, 2.45) is 9.98 Å². The Morgan fingerprint density at radius 1 is 0.426 bits per heavy atom. The van der Waals surface area contributed by atoms with Gasteiger partial charge in [0.1, 0.15) is 11.5 Å². The van der Waals surface area contributed by atoms with E-state index in [1.54, 1.807) is 12.4 Å². The number of nitrogens with zero attached hydrogens (tertiary/aromatic N) is 2. The van der Waals surface area contributed by atoms with Crippen molar-refractivity contribution in [2.75, 3.05) is 0 Å². The Bertz CT molecular complexity index is 2000. The molecule has 54 heavy (non-hydrogen) atoms. The zero-order chi connectivity index (χ0) is 39.6. The molecule has 5 aromatic carbocycles. The Kier molecular flexibility index (Phi) is 11.5. The van der Waals surface area contributed by atoms with Gasteiger partial charge in [0.25, 0.3) is 0 Å². The van der Waals surface area contributed by atoms with Crippen molar-refractivity contribution in [3.05, 3.63) is 153 Å². The van der Waals surface area contributed by atoms with Gasteiger partial charge in [0.2, 0.25) is 0 Å². The molecular formula is C50H60N2O2. The first-order chi connectivity index (χ1) is 25.1. The first-order valence-corrected chi connectivity index (χ1v) is 19.2. The second-order valence-corrected chi connectivity index (χ2v) is 18.9. The van der Waals surface area contributed by atoms with E-state index >= 15 is 0 Å². The number of rotatable bonds is 8. The minimum Gasteiger partial charge on any atom is -0.507 e. The Balaban J connectivity index is 1.28. The van der Waals surface area contributed by atoms with Crippen LogP contribution in [0.25, 0.3) is 0 Å². The molecule has 0 radical (unpaired) electrons. The quantitative estimate of drug-likeness (QED) is 0.157. The maximum absolute atomic E-state index is 11.2. The highest BCUT2D eigenvalue weighted by Crippen LogP contribution is 2.39. The summed E-state index contributed by atoms with van der Waals surface area (Å²) in [6, 6.07) is 33.8. The van der Waals surface area contributed by atoms with Crippen molar-refractivity contribution >= 4 is 23.8 Å². The molecule has 5 rings (SSSR count). The van der Waals surface area contributed by atoms with Crippen molar-refractivity contribution in [3.8, 4) is 11.5 Å². The zero-order valence-corrected chi connectivity index (χ0v) is 34.6. The Morgan fingerprint density at radius 2 is 0.778 bits per heavy atom. The summed E-state index contributed by atoms with van der Waals surface area (Å²) < 4.78 is 0. The van der Waals surface area contributed by atoms with E-state index in [1.807, 2.05) is 24.3 Å². The van der Waals surface area contributed by atoms with Crippen LogP contribution in [0.5, 0.6) is 11.5 Å². The fourth-order valence-corrected chi connectivity index (χ4v) is 6.55. The van der Waals surface area contributed by atoms with Crippen LogP contribution in [0.15, 0.2) is 107 Å². The molecule has 282 valence electrons. The van der Waals surface area contributed by atoms with Crippen LogP contribution in [-0.4, -0.2) is 22.6 Å². The van der Waals surface area contributed by atoms with Crippen LogP contribution in [0.1, 0.15) is 139 Å². The third-order valence-corrected chi connectivity index (χ3v) is 9.99. The average Bonchev–Trinajstić information content (AvgIpc) is 3.06. The second-order valence-electron chi connectivity index (χ2n) is 18.9. The largest absolute Gasteiger partial charge is 0.507 e. The molecule has 5 aromatic rings. The highest BCUT2D eigenvalue weighted by Gasteiger charge is 2.26. The third kappa shape index (κ3) is 10.2. The van der Waals surface area contributed by atoms with Gasteiger partial charge in [-0.3, -0.25) is 9.98 Å². The molecule has 0 bridgehead atoms. The van der Waals surface area contributed by atoms with Crippen LogP contribution in [-0.2, 0) is 34.5 Å². The van der Waals surface area contributed by atoms with Crippen molar-refractivity contribution in [1.29, 1.82) is 0 Å². The zero-order valence-electron chi connectivity index (χ0n) is 34.6. The van der Waals surface area contributed by atoms with E-state index in [2.05, 4.69) is 156 Å². The van der Waals surface area contributed by atoms with Gasteiger partial charge in [0.15, 0.2) is 0 Å².